The minimum atomic E-state index is -0.361. The number of methoxy groups -OCH3 is 1. The molecule has 0 spiro atoms. The highest BCUT2D eigenvalue weighted by molar-refractivity contribution is 5.97. The molecule has 0 aliphatic heterocycles. The number of hydrazone groups is 1. The highest BCUT2D eigenvalue weighted by atomic mass is 16.5. The number of ether oxygens (including phenoxy) is 3. The Morgan fingerprint density at radius 2 is 1.43 bits per heavy atom. The third kappa shape index (κ3) is 6.71. The zero-order valence-corrected chi connectivity index (χ0v) is 19.4. The lowest BCUT2D eigenvalue weighted by atomic mass is 10.2. The summed E-state index contributed by atoms with van der Waals surface area (Å²) in [5, 5.41) is 4.14. The Kier molecular flexibility index (Phi) is 8.11. The van der Waals surface area contributed by atoms with E-state index in [4.69, 9.17) is 14.2 Å². The van der Waals surface area contributed by atoms with Crippen molar-refractivity contribution >= 4 is 12.1 Å². The van der Waals surface area contributed by atoms with Gasteiger partial charge in [-0.2, -0.15) is 5.10 Å². The Labute approximate surface area is 204 Å². The van der Waals surface area contributed by atoms with Gasteiger partial charge >= 0.3 is 0 Å². The number of nitrogens with zero attached hydrogens (tertiary/aromatic N) is 1. The van der Waals surface area contributed by atoms with Gasteiger partial charge in [-0.15, -0.1) is 0 Å². The van der Waals surface area contributed by atoms with Gasteiger partial charge in [0, 0.05) is 5.56 Å². The summed E-state index contributed by atoms with van der Waals surface area (Å²) < 4.78 is 17.1. The smallest absolute Gasteiger partial charge is 0.275 e. The molecule has 4 aromatic carbocycles. The molecule has 0 heterocycles. The van der Waals surface area contributed by atoms with E-state index in [9.17, 15) is 4.79 Å². The molecule has 0 aromatic heterocycles. The van der Waals surface area contributed by atoms with E-state index in [0.717, 1.165) is 22.4 Å². The molecule has 0 fully saturated rings. The fraction of sp³-hybridized carbons (Fsp3) is 0.103. The molecule has 0 bridgehead atoms. The third-order valence-corrected chi connectivity index (χ3v) is 5.19. The molecular weight excluding hydrogens is 440 g/mol. The number of hydrogen-bond donors (Lipinski definition) is 1. The van der Waals surface area contributed by atoms with Crippen molar-refractivity contribution in [2.45, 2.75) is 13.2 Å². The van der Waals surface area contributed by atoms with E-state index in [-0.39, 0.29) is 5.91 Å². The average Bonchev–Trinajstić information content (AvgIpc) is 2.92. The van der Waals surface area contributed by atoms with E-state index in [1.807, 2.05) is 84.9 Å². The minimum absolute atomic E-state index is 0.361. The van der Waals surface area contributed by atoms with Crippen molar-refractivity contribution in [1.82, 2.24) is 5.43 Å². The number of rotatable bonds is 10. The summed E-state index contributed by atoms with van der Waals surface area (Å²) in [5.41, 5.74) is 5.73. The van der Waals surface area contributed by atoms with Gasteiger partial charge in [-0.1, -0.05) is 66.7 Å². The normalized spacial score (nSPS) is 10.7. The van der Waals surface area contributed by atoms with Crippen molar-refractivity contribution in [3.63, 3.8) is 0 Å². The molecule has 0 radical (unpaired) electrons. The molecule has 35 heavy (non-hydrogen) atoms. The van der Waals surface area contributed by atoms with Gasteiger partial charge in [-0.05, 0) is 47.5 Å². The average molecular weight is 467 g/mol. The van der Waals surface area contributed by atoms with Crippen molar-refractivity contribution in [2.24, 2.45) is 5.10 Å². The monoisotopic (exact) mass is 466 g/mol. The minimum Gasteiger partial charge on any atom is -0.497 e. The lowest BCUT2D eigenvalue weighted by Gasteiger charge is -2.11. The summed E-state index contributed by atoms with van der Waals surface area (Å²) in [4.78, 5) is 12.8. The number of carbonyl (C=O) groups is 1. The fourth-order valence-corrected chi connectivity index (χ4v) is 3.38. The number of carbonyl (C=O) groups excluding carboxylic acids is 1. The van der Waals surface area contributed by atoms with Crippen molar-refractivity contribution in [2.75, 3.05) is 7.11 Å². The van der Waals surface area contributed by atoms with Crippen molar-refractivity contribution in [3.8, 4) is 17.2 Å². The molecule has 4 rings (SSSR count). The first kappa shape index (κ1) is 23.6. The summed E-state index contributed by atoms with van der Waals surface area (Å²) in [6.45, 7) is 0.743. The molecule has 4 aromatic rings. The lowest BCUT2D eigenvalue weighted by molar-refractivity contribution is 0.0950. The van der Waals surface area contributed by atoms with Crippen LogP contribution >= 0.6 is 0 Å². The van der Waals surface area contributed by atoms with Gasteiger partial charge in [-0.25, -0.2) is 5.43 Å². The van der Waals surface area contributed by atoms with Crippen LogP contribution in [0, 0.1) is 0 Å². The molecule has 0 saturated heterocycles. The second kappa shape index (κ2) is 12.0. The summed E-state index contributed by atoms with van der Waals surface area (Å²) in [5.74, 6) is 1.56. The number of amides is 1. The Hall–Kier alpha value is -4.58. The van der Waals surface area contributed by atoms with Crippen LogP contribution in [0.15, 0.2) is 108 Å². The molecule has 1 N–H and O–H groups in total. The Morgan fingerprint density at radius 3 is 2.26 bits per heavy atom. The van der Waals surface area contributed by atoms with E-state index in [1.165, 1.54) is 0 Å². The lowest BCUT2D eigenvalue weighted by Crippen LogP contribution is -2.18. The van der Waals surface area contributed by atoms with Crippen LogP contribution in [0.1, 0.15) is 27.0 Å². The first-order valence-electron chi connectivity index (χ1n) is 11.2. The second-order valence-electron chi connectivity index (χ2n) is 7.65. The SMILES string of the molecule is COc1cccc(COc2ccccc2C=NNC(=O)c2ccccc2OCc2ccccc2)c1. The van der Waals surface area contributed by atoms with Crippen LogP contribution in [-0.4, -0.2) is 19.2 Å². The predicted octanol–water partition coefficient (Wildman–Crippen LogP) is 5.62. The fourth-order valence-electron chi connectivity index (χ4n) is 3.38. The van der Waals surface area contributed by atoms with Crippen LogP contribution in [0.2, 0.25) is 0 Å². The summed E-state index contributed by atoms with van der Waals surface area (Å²) in [6.07, 6.45) is 1.56. The van der Waals surface area contributed by atoms with Gasteiger partial charge < -0.3 is 14.2 Å². The topological polar surface area (TPSA) is 69.2 Å². The standard InChI is InChI=1S/C29H26N2O4/c1-33-25-14-9-12-23(18-25)21-34-27-16-7-5-13-24(27)19-30-31-29(32)26-15-6-8-17-28(26)35-20-22-10-3-2-4-11-22/h2-19H,20-21H2,1H3,(H,31,32). The highest BCUT2D eigenvalue weighted by Gasteiger charge is 2.12. The predicted molar refractivity (Wildman–Crippen MR) is 136 cm³/mol. The zero-order chi connectivity index (χ0) is 24.3. The van der Waals surface area contributed by atoms with Crippen LogP contribution in [-0.2, 0) is 13.2 Å². The van der Waals surface area contributed by atoms with Gasteiger partial charge in [0.2, 0.25) is 0 Å². The van der Waals surface area contributed by atoms with E-state index in [2.05, 4.69) is 10.5 Å². The molecule has 6 nitrogen and oxygen atoms in total. The molecule has 176 valence electrons. The van der Waals surface area contributed by atoms with Crippen LogP contribution in [0.5, 0.6) is 17.2 Å². The molecule has 0 unspecified atom stereocenters. The number of para-hydroxylation sites is 2. The molecule has 6 heteroatoms. The van der Waals surface area contributed by atoms with Crippen LogP contribution in [0.3, 0.4) is 0 Å². The van der Waals surface area contributed by atoms with E-state index >= 15 is 0 Å². The highest BCUT2D eigenvalue weighted by Crippen LogP contribution is 2.21. The molecule has 1 amide bonds. The molecule has 0 aliphatic carbocycles. The maximum Gasteiger partial charge on any atom is 0.275 e. The van der Waals surface area contributed by atoms with Gasteiger partial charge in [0.25, 0.3) is 5.91 Å². The Bertz CT molecular complexity index is 1290. The van der Waals surface area contributed by atoms with Gasteiger partial charge in [0.05, 0.1) is 18.9 Å². The van der Waals surface area contributed by atoms with E-state index < -0.39 is 0 Å². The van der Waals surface area contributed by atoms with Gasteiger partial charge in [0.15, 0.2) is 0 Å². The molecule has 0 saturated carbocycles. The molecule has 0 aliphatic rings. The van der Waals surface area contributed by atoms with Gasteiger partial charge in [-0.3, -0.25) is 4.79 Å². The van der Waals surface area contributed by atoms with Crippen LogP contribution in [0.4, 0.5) is 0 Å². The number of nitrogens with one attached hydrogen (secondary N) is 1. The van der Waals surface area contributed by atoms with Crippen LogP contribution < -0.4 is 19.6 Å². The zero-order valence-electron chi connectivity index (χ0n) is 19.4. The summed E-state index contributed by atoms with van der Waals surface area (Å²) in [6, 6.07) is 32.1. The second-order valence-corrected chi connectivity index (χ2v) is 7.65. The Morgan fingerprint density at radius 1 is 0.771 bits per heavy atom. The number of hydrogen-bond acceptors (Lipinski definition) is 5. The quantitative estimate of drug-likeness (QED) is 0.243. The maximum absolute atomic E-state index is 12.8. The van der Waals surface area contributed by atoms with E-state index in [1.54, 1.807) is 31.5 Å². The first-order valence-corrected chi connectivity index (χ1v) is 11.2. The largest absolute Gasteiger partial charge is 0.497 e. The van der Waals surface area contributed by atoms with Crippen molar-refractivity contribution < 1.29 is 19.0 Å². The Balaban J connectivity index is 1.38. The van der Waals surface area contributed by atoms with Crippen LogP contribution in [0.25, 0.3) is 0 Å². The van der Waals surface area contributed by atoms with Crippen molar-refractivity contribution in [1.29, 1.82) is 0 Å². The molecule has 0 atom stereocenters. The number of benzene rings is 4. The summed E-state index contributed by atoms with van der Waals surface area (Å²) in [7, 11) is 1.63. The van der Waals surface area contributed by atoms with Crippen molar-refractivity contribution in [3.05, 3.63) is 125 Å². The first-order chi connectivity index (χ1) is 17.2. The molecular formula is C29H26N2O4. The summed E-state index contributed by atoms with van der Waals surface area (Å²) >= 11 is 0. The third-order valence-electron chi connectivity index (χ3n) is 5.19. The maximum atomic E-state index is 12.8. The van der Waals surface area contributed by atoms with E-state index in [0.29, 0.717) is 30.3 Å². The van der Waals surface area contributed by atoms with Gasteiger partial charge in [0.1, 0.15) is 30.5 Å².